The molecule has 0 spiro atoms. The lowest BCUT2D eigenvalue weighted by atomic mass is 10.4. The maximum Gasteiger partial charge on any atom is 0.493 e. The van der Waals surface area contributed by atoms with Crippen LogP contribution in [0.25, 0.3) is 0 Å². The molecule has 0 saturated carbocycles. The highest BCUT2D eigenvalue weighted by Crippen LogP contribution is 2.19. The van der Waals surface area contributed by atoms with Crippen molar-refractivity contribution in [2.24, 2.45) is 0 Å². The Morgan fingerprint density at radius 3 is 2.46 bits per heavy atom. The second-order valence-corrected chi connectivity index (χ2v) is 2.48. The minimum atomic E-state index is -5.05. The molecule has 1 aliphatic heterocycles. The summed E-state index contributed by atoms with van der Waals surface area (Å²) in [5.74, 6) is -2.96. The first kappa shape index (κ1) is 9.82. The number of amides is 1. The lowest BCUT2D eigenvalue weighted by molar-refractivity contribution is -0.233. The molecule has 0 aromatic rings. The number of carbonyl (C=O) groups is 2. The molecule has 0 bridgehead atoms. The Labute approximate surface area is 71.2 Å². The number of hydroxylamine groups is 2. The fourth-order valence-electron chi connectivity index (χ4n) is 0.872. The number of hydrogen-bond acceptors (Lipinski definition) is 3. The van der Waals surface area contributed by atoms with Gasteiger partial charge in [-0.05, 0) is 6.42 Å². The number of nitrogens with zero attached hydrogens (tertiary/aromatic N) is 1. The molecule has 13 heavy (non-hydrogen) atoms. The number of halogens is 3. The molecule has 1 amide bonds. The van der Waals surface area contributed by atoms with E-state index in [4.69, 9.17) is 0 Å². The van der Waals surface area contributed by atoms with Crippen molar-refractivity contribution in [3.8, 4) is 0 Å². The van der Waals surface area contributed by atoms with Gasteiger partial charge in [0.15, 0.2) is 0 Å². The van der Waals surface area contributed by atoms with Gasteiger partial charge in [-0.1, -0.05) is 0 Å². The van der Waals surface area contributed by atoms with Crippen LogP contribution in [0.4, 0.5) is 13.2 Å². The predicted octanol–water partition coefficient (Wildman–Crippen LogP) is 0.629. The van der Waals surface area contributed by atoms with Gasteiger partial charge in [-0.25, -0.2) is 4.79 Å². The van der Waals surface area contributed by atoms with Gasteiger partial charge in [-0.15, -0.1) is 0 Å². The normalized spacial score (nSPS) is 17.8. The van der Waals surface area contributed by atoms with Crippen molar-refractivity contribution in [3.05, 3.63) is 0 Å². The molecule has 4 nitrogen and oxygen atoms in total. The number of alkyl halides is 3. The second kappa shape index (κ2) is 3.23. The smallest absolute Gasteiger partial charge is 0.330 e. The van der Waals surface area contributed by atoms with Gasteiger partial charge < -0.3 is 4.84 Å². The van der Waals surface area contributed by atoms with Crippen molar-refractivity contribution < 1.29 is 27.6 Å². The Bertz CT molecular complexity index is 238. The van der Waals surface area contributed by atoms with Crippen molar-refractivity contribution in [2.45, 2.75) is 19.0 Å². The van der Waals surface area contributed by atoms with E-state index in [1.807, 2.05) is 0 Å². The summed E-state index contributed by atoms with van der Waals surface area (Å²) in [7, 11) is 0. The molecule has 0 radical (unpaired) electrons. The maximum atomic E-state index is 11.6. The van der Waals surface area contributed by atoms with Gasteiger partial charge in [-0.2, -0.15) is 18.2 Å². The number of rotatable bonds is 1. The van der Waals surface area contributed by atoms with Gasteiger partial charge in [0.2, 0.25) is 0 Å². The Morgan fingerprint density at radius 2 is 2.08 bits per heavy atom. The van der Waals surface area contributed by atoms with Crippen LogP contribution in [0.5, 0.6) is 0 Å². The maximum absolute atomic E-state index is 11.6. The Balaban J connectivity index is 2.49. The van der Waals surface area contributed by atoms with Crippen LogP contribution in [0, 0.1) is 0 Å². The monoisotopic (exact) mass is 197 g/mol. The van der Waals surface area contributed by atoms with Gasteiger partial charge in [0, 0.05) is 6.42 Å². The fourth-order valence-corrected chi connectivity index (χ4v) is 0.872. The van der Waals surface area contributed by atoms with E-state index in [-0.39, 0.29) is 13.0 Å². The first-order chi connectivity index (χ1) is 5.91. The summed E-state index contributed by atoms with van der Waals surface area (Å²) in [4.78, 5) is 24.8. The van der Waals surface area contributed by atoms with E-state index in [9.17, 15) is 22.8 Å². The van der Waals surface area contributed by atoms with Crippen LogP contribution in [0.2, 0.25) is 0 Å². The summed E-state index contributed by atoms with van der Waals surface area (Å²) in [6.07, 6.45) is -4.53. The molecular formula is C6H6F3NO3. The molecule has 1 heterocycles. The van der Waals surface area contributed by atoms with Gasteiger partial charge in [-0.3, -0.25) is 4.79 Å². The summed E-state index contributed by atoms with van der Waals surface area (Å²) < 4.78 is 34.9. The molecule has 0 N–H and O–H groups in total. The van der Waals surface area contributed by atoms with E-state index >= 15 is 0 Å². The van der Waals surface area contributed by atoms with Crippen molar-refractivity contribution in [1.29, 1.82) is 0 Å². The molecule has 0 aliphatic carbocycles. The minimum absolute atomic E-state index is 0.0284. The van der Waals surface area contributed by atoms with Crippen LogP contribution in [0.3, 0.4) is 0 Å². The minimum Gasteiger partial charge on any atom is -0.330 e. The van der Waals surface area contributed by atoms with Crippen molar-refractivity contribution in [3.63, 3.8) is 0 Å². The molecule has 0 aromatic carbocycles. The van der Waals surface area contributed by atoms with Crippen LogP contribution in [0.1, 0.15) is 12.8 Å². The topological polar surface area (TPSA) is 46.6 Å². The molecule has 7 heteroatoms. The van der Waals surface area contributed by atoms with Crippen molar-refractivity contribution in [2.75, 3.05) is 6.54 Å². The van der Waals surface area contributed by atoms with E-state index < -0.39 is 18.1 Å². The van der Waals surface area contributed by atoms with Crippen LogP contribution >= 0.6 is 0 Å². The zero-order valence-electron chi connectivity index (χ0n) is 6.43. The van der Waals surface area contributed by atoms with E-state index in [2.05, 4.69) is 4.84 Å². The SMILES string of the molecule is O=C1CCCN1OC(=O)C(F)(F)F. The van der Waals surface area contributed by atoms with E-state index in [1.54, 1.807) is 0 Å². The quantitative estimate of drug-likeness (QED) is 0.619. The molecule has 0 unspecified atom stereocenters. The van der Waals surface area contributed by atoms with Crippen LogP contribution < -0.4 is 0 Å². The van der Waals surface area contributed by atoms with Crippen molar-refractivity contribution >= 4 is 11.9 Å². The number of hydrogen-bond donors (Lipinski definition) is 0. The van der Waals surface area contributed by atoms with Gasteiger partial charge in [0.25, 0.3) is 5.91 Å². The highest BCUT2D eigenvalue weighted by Gasteiger charge is 2.43. The summed E-state index contributed by atoms with van der Waals surface area (Å²) in [6, 6.07) is 0. The highest BCUT2D eigenvalue weighted by molar-refractivity contribution is 5.81. The molecule has 0 aromatic heterocycles. The van der Waals surface area contributed by atoms with Crippen LogP contribution in [-0.2, 0) is 14.4 Å². The predicted molar refractivity (Wildman–Crippen MR) is 33.1 cm³/mol. The average molecular weight is 197 g/mol. The van der Waals surface area contributed by atoms with Crippen LogP contribution in [-0.4, -0.2) is 29.7 Å². The lowest BCUT2D eigenvalue weighted by Crippen LogP contribution is -2.35. The molecule has 0 atom stereocenters. The third-order valence-corrected chi connectivity index (χ3v) is 1.45. The third-order valence-electron chi connectivity index (χ3n) is 1.45. The molecule has 1 rings (SSSR count). The van der Waals surface area contributed by atoms with E-state index in [1.165, 1.54) is 0 Å². The lowest BCUT2D eigenvalue weighted by Gasteiger charge is -2.14. The first-order valence-corrected chi connectivity index (χ1v) is 3.51. The number of carbonyl (C=O) groups excluding carboxylic acids is 2. The largest absolute Gasteiger partial charge is 0.493 e. The summed E-state index contributed by atoms with van der Waals surface area (Å²) in [5.41, 5.74) is 0. The summed E-state index contributed by atoms with van der Waals surface area (Å²) in [6.45, 7) is 0.0284. The Hall–Kier alpha value is -1.27. The molecule has 1 fully saturated rings. The fraction of sp³-hybridized carbons (Fsp3) is 0.667. The average Bonchev–Trinajstić information content (AvgIpc) is 2.34. The first-order valence-electron chi connectivity index (χ1n) is 3.51. The summed E-state index contributed by atoms with van der Waals surface area (Å²) >= 11 is 0. The second-order valence-electron chi connectivity index (χ2n) is 2.48. The third kappa shape index (κ3) is 2.33. The van der Waals surface area contributed by atoms with E-state index in [0.717, 1.165) is 0 Å². The summed E-state index contributed by atoms with van der Waals surface area (Å²) in [5, 5.41) is 0.440. The Morgan fingerprint density at radius 1 is 1.46 bits per heavy atom. The standard InChI is InChI=1S/C6H6F3NO3/c7-6(8,9)5(12)13-10-3-1-2-4(10)11/h1-3H2. The van der Waals surface area contributed by atoms with Gasteiger partial charge in [0.05, 0.1) is 6.54 Å². The Kier molecular flexibility index (Phi) is 2.44. The van der Waals surface area contributed by atoms with Crippen LogP contribution in [0.15, 0.2) is 0 Å². The molecule has 1 saturated heterocycles. The van der Waals surface area contributed by atoms with E-state index in [0.29, 0.717) is 11.5 Å². The molecule has 1 aliphatic rings. The van der Waals surface area contributed by atoms with Gasteiger partial charge >= 0.3 is 12.1 Å². The van der Waals surface area contributed by atoms with Crippen molar-refractivity contribution in [1.82, 2.24) is 5.06 Å². The zero-order chi connectivity index (χ0) is 10.1. The zero-order valence-corrected chi connectivity index (χ0v) is 6.43. The van der Waals surface area contributed by atoms with Gasteiger partial charge in [0.1, 0.15) is 0 Å². The highest BCUT2D eigenvalue weighted by atomic mass is 19.4. The molecular weight excluding hydrogens is 191 g/mol. The molecule has 74 valence electrons.